The lowest BCUT2D eigenvalue weighted by Crippen LogP contribution is -2.11. The molecule has 3 aromatic rings. The number of rotatable bonds is 5. The maximum Gasteiger partial charge on any atom is 0.433 e. The molecule has 0 aliphatic carbocycles. The Bertz CT molecular complexity index is 940. The summed E-state index contributed by atoms with van der Waals surface area (Å²) in [5.41, 5.74) is 2.19. The van der Waals surface area contributed by atoms with E-state index in [4.69, 9.17) is 13.9 Å². The first-order valence-electron chi connectivity index (χ1n) is 7.34. The maximum atomic E-state index is 12.1. The van der Waals surface area contributed by atoms with Crippen LogP contribution in [0.15, 0.2) is 51.3 Å². The average Bonchev–Trinajstić information content (AvgIpc) is 3.24. The summed E-state index contributed by atoms with van der Waals surface area (Å²) in [6.07, 6.45) is 0. The van der Waals surface area contributed by atoms with E-state index in [1.165, 1.54) is 6.07 Å². The molecule has 0 spiro atoms. The van der Waals surface area contributed by atoms with Crippen LogP contribution < -0.4 is 5.32 Å². The molecule has 0 radical (unpaired) electrons. The Kier molecular flexibility index (Phi) is 4.36. The fraction of sp³-hybridized carbons (Fsp3) is 0.118. The van der Waals surface area contributed by atoms with Crippen LogP contribution in [0.1, 0.15) is 21.9 Å². The molecule has 0 saturated heterocycles. The summed E-state index contributed by atoms with van der Waals surface area (Å²) >= 11 is 0. The summed E-state index contributed by atoms with van der Waals surface area (Å²) in [7, 11) is 0. The molecule has 0 fully saturated rings. The molecule has 2 heterocycles. The zero-order valence-electron chi connectivity index (χ0n) is 13.2. The molecule has 0 aliphatic heterocycles. The van der Waals surface area contributed by atoms with E-state index in [0.717, 1.165) is 17.2 Å². The Morgan fingerprint density at radius 3 is 2.60 bits per heavy atom. The van der Waals surface area contributed by atoms with Crippen molar-refractivity contribution in [2.45, 2.75) is 13.5 Å². The van der Waals surface area contributed by atoms with Crippen molar-refractivity contribution in [1.29, 1.82) is 0 Å². The van der Waals surface area contributed by atoms with Crippen molar-refractivity contribution in [3.8, 4) is 11.3 Å². The highest BCUT2D eigenvalue weighted by molar-refractivity contribution is 6.02. The molecule has 3 rings (SSSR count). The van der Waals surface area contributed by atoms with Crippen molar-refractivity contribution in [2.75, 3.05) is 5.32 Å². The van der Waals surface area contributed by atoms with Crippen LogP contribution in [0.25, 0.3) is 11.3 Å². The fourth-order valence-electron chi connectivity index (χ4n) is 2.37. The summed E-state index contributed by atoms with van der Waals surface area (Å²) in [5.74, 6) is -0.144. The quantitative estimate of drug-likeness (QED) is 0.541. The monoisotopic (exact) mass is 342 g/mol. The molecule has 25 heavy (non-hydrogen) atoms. The molecular weight excluding hydrogens is 328 g/mol. The molecule has 0 bridgehead atoms. The lowest BCUT2D eigenvalue weighted by Gasteiger charge is -2.07. The molecule has 8 heteroatoms. The summed E-state index contributed by atoms with van der Waals surface area (Å²) < 4.78 is 10.4. The first kappa shape index (κ1) is 16.5. The molecule has 0 atom stereocenters. The van der Waals surface area contributed by atoms with E-state index in [1.54, 1.807) is 30.3 Å². The van der Waals surface area contributed by atoms with E-state index in [2.05, 4.69) is 5.32 Å². The fourth-order valence-corrected chi connectivity index (χ4v) is 2.37. The third-order valence-electron chi connectivity index (χ3n) is 3.56. The van der Waals surface area contributed by atoms with Crippen LogP contribution >= 0.6 is 0 Å². The minimum atomic E-state index is -0.709. The van der Waals surface area contributed by atoms with Gasteiger partial charge in [0, 0.05) is 11.3 Å². The molecule has 2 N–H and O–H groups in total. The van der Waals surface area contributed by atoms with E-state index in [-0.39, 0.29) is 12.4 Å². The van der Waals surface area contributed by atoms with Crippen molar-refractivity contribution >= 4 is 17.5 Å². The van der Waals surface area contributed by atoms with Crippen molar-refractivity contribution < 1.29 is 23.7 Å². The van der Waals surface area contributed by atoms with Crippen LogP contribution in [0.4, 0.5) is 11.6 Å². The van der Waals surface area contributed by atoms with Gasteiger partial charge in [-0.3, -0.25) is 14.9 Å². The molecule has 1 amide bonds. The Morgan fingerprint density at radius 2 is 2.00 bits per heavy atom. The van der Waals surface area contributed by atoms with Gasteiger partial charge in [-0.05, 0) is 48.9 Å². The normalized spacial score (nSPS) is 10.6. The number of hydrogen-bond donors (Lipinski definition) is 2. The second-order valence-corrected chi connectivity index (χ2v) is 5.30. The summed E-state index contributed by atoms with van der Waals surface area (Å²) in [6, 6.07) is 11.0. The number of nitrogens with one attached hydrogen (secondary N) is 1. The van der Waals surface area contributed by atoms with Crippen molar-refractivity contribution in [3.05, 3.63) is 69.7 Å². The number of aliphatic hydroxyl groups is 1. The van der Waals surface area contributed by atoms with E-state index in [1.807, 2.05) is 6.92 Å². The third kappa shape index (κ3) is 3.43. The number of amides is 1. The molecule has 2 aromatic heterocycles. The number of benzene rings is 1. The summed E-state index contributed by atoms with van der Waals surface area (Å²) in [5, 5.41) is 22.3. The van der Waals surface area contributed by atoms with E-state index < -0.39 is 16.7 Å². The number of carbonyl (C=O) groups excluding carboxylic acids is 1. The van der Waals surface area contributed by atoms with Gasteiger partial charge in [0.05, 0.1) is 6.07 Å². The Morgan fingerprint density at radius 1 is 1.20 bits per heavy atom. The van der Waals surface area contributed by atoms with Gasteiger partial charge in [-0.15, -0.1) is 0 Å². The molecule has 128 valence electrons. The van der Waals surface area contributed by atoms with Crippen LogP contribution in [-0.2, 0) is 6.61 Å². The smallest absolute Gasteiger partial charge is 0.433 e. The number of anilines is 1. The lowest BCUT2D eigenvalue weighted by atomic mass is 10.1. The second-order valence-electron chi connectivity index (χ2n) is 5.30. The summed E-state index contributed by atoms with van der Waals surface area (Å²) in [6.45, 7) is 1.67. The van der Waals surface area contributed by atoms with Gasteiger partial charge in [0.2, 0.25) is 0 Å². The topological polar surface area (TPSA) is 119 Å². The molecule has 1 aromatic carbocycles. The van der Waals surface area contributed by atoms with E-state index in [9.17, 15) is 14.9 Å². The SMILES string of the molecule is Cc1cc(NC(=O)c2ccc([N+](=O)[O-])o2)ccc1-c1ccc(CO)o1. The highest BCUT2D eigenvalue weighted by Crippen LogP contribution is 2.28. The molecule has 0 saturated carbocycles. The van der Waals surface area contributed by atoms with Crippen molar-refractivity contribution in [2.24, 2.45) is 0 Å². The zero-order chi connectivity index (χ0) is 18.0. The van der Waals surface area contributed by atoms with Gasteiger partial charge in [-0.1, -0.05) is 0 Å². The highest BCUT2D eigenvalue weighted by Gasteiger charge is 2.17. The minimum absolute atomic E-state index is 0.146. The number of furan rings is 2. The minimum Gasteiger partial charge on any atom is -0.459 e. The summed E-state index contributed by atoms with van der Waals surface area (Å²) in [4.78, 5) is 22.0. The maximum absolute atomic E-state index is 12.1. The zero-order valence-corrected chi connectivity index (χ0v) is 13.2. The third-order valence-corrected chi connectivity index (χ3v) is 3.56. The molecule has 0 unspecified atom stereocenters. The number of carbonyl (C=O) groups is 1. The Hall–Kier alpha value is -3.39. The van der Waals surface area contributed by atoms with Crippen LogP contribution in [-0.4, -0.2) is 15.9 Å². The Labute approximate surface area is 141 Å². The van der Waals surface area contributed by atoms with Gasteiger partial charge in [0.15, 0.2) is 5.76 Å². The van der Waals surface area contributed by atoms with Crippen LogP contribution in [0, 0.1) is 17.0 Å². The number of nitrogens with zero attached hydrogens (tertiary/aromatic N) is 1. The van der Waals surface area contributed by atoms with E-state index >= 15 is 0 Å². The van der Waals surface area contributed by atoms with Gasteiger partial charge < -0.3 is 19.3 Å². The van der Waals surface area contributed by atoms with Crippen LogP contribution in [0.3, 0.4) is 0 Å². The van der Waals surface area contributed by atoms with Gasteiger partial charge in [-0.2, -0.15) is 0 Å². The second kappa shape index (κ2) is 6.62. The number of aliphatic hydroxyl groups excluding tert-OH is 1. The number of hydrogen-bond acceptors (Lipinski definition) is 6. The first-order valence-corrected chi connectivity index (χ1v) is 7.34. The highest BCUT2D eigenvalue weighted by atomic mass is 16.6. The van der Waals surface area contributed by atoms with Crippen LogP contribution in [0.2, 0.25) is 0 Å². The van der Waals surface area contributed by atoms with Crippen molar-refractivity contribution in [1.82, 2.24) is 0 Å². The van der Waals surface area contributed by atoms with Gasteiger partial charge in [-0.25, -0.2) is 0 Å². The molecule has 0 aliphatic rings. The molecule has 8 nitrogen and oxygen atoms in total. The van der Waals surface area contributed by atoms with Crippen LogP contribution in [0.5, 0.6) is 0 Å². The van der Waals surface area contributed by atoms with Crippen molar-refractivity contribution in [3.63, 3.8) is 0 Å². The lowest BCUT2D eigenvalue weighted by molar-refractivity contribution is -0.402. The van der Waals surface area contributed by atoms with Gasteiger partial charge in [0.1, 0.15) is 23.1 Å². The van der Waals surface area contributed by atoms with Gasteiger partial charge in [0.25, 0.3) is 5.91 Å². The Balaban J connectivity index is 1.78. The predicted octanol–water partition coefficient (Wildman–Crippen LogP) is 3.50. The van der Waals surface area contributed by atoms with Gasteiger partial charge >= 0.3 is 5.88 Å². The predicted molar refractivity (Wildman–Crippen MR) is 88.1 cm³/mol. The largest absolute Gasteiger partial charge is 0.459 e. The number of aryl methyl sites for hydroxylation is 1. The first-order chi connectivity index (χ1) is 12.0. The number of nitro groups is 1. The molecular formula is C17H14N2O6. The average molecular weight is 342 g/mol. The standard InChI is InChI=1S/C17H14N2O6/c1-10-8-11(2-4-13(10)14-5-3-12(9-20)24-14)18-17(21)15-6-7-16(25-15)19(22)23/h2-8,20H,9H2,1H3,(H,18,21). The van der Waals surface area contributed by atoms with E-state index in [0.29, 0.717) is 17.2 Å².